The second-order valence-electron chi connectivity index (χ2n) is 18.2. The lowest BCUT2D eigenvalue weighted by atomic mass is 9.68. The lowest BCUT2D eigenvalue weighted by molar-refractivity contribution is 0.586. The fraction of sp³-hybridized carbons (Fsp3) is 0.164. The molecule has 1 heterocycles. The molecule has 2 aliphatic rings. The highest BCUT2D eigenvalue weighted by atomic mass is 32.1. The second kappa shape index (κ2) is 12.0. The number of hydrogen-bond acceptors (Lipinski definition) is 2. The van der Waals surface area contributed by atoms with Crippen LogP contribution in [0, 0.1) is 0 Å². The molecule has 0 radical (unpaired) electrons. The van der Waals surface area contributed by atoms with E-state index in [0.29, 0.717) is 0 Å². The third kappa shape index (κ3) is 4.93. The van der Waals surface area contributed by atoms with E-state index in [1.165, 1.54) is 97.7 Å². The number of thiophene rings is 1. The molecule has 2 aliphatic carbocycles. The molecule has 2 heteroatoms. The Morgan fingerprint density at radius 1 is 0.439 bits per heavy atom. The summed E-state index contributed by atoms with van der Waals surface area (Å²) < 4.78 is 2.61. The van der Waals surface area contributed by atoms with Crippen molar-refractivity contribution in [3.8, 4) is 33.4 Å². The molecular formula is C55H45NS. The maximum Gasteiger partial charge on any atom is 0.0726 e. The van der Waals surface area contributed by atoms with E-state index in [0.717, 1.165) is 11.4 Å². The molecule has 1 spiro atoms. The van der Waals surface area contributed by atoms with Crippen molar-refractivity contribution < 1.29 is 0 Å². The van der Waals surface area contributed by atoms with Gasteiger partial charge in [-0.05, 0) is 107 Å². The van der Waals surface area contributed by atoms with Gasteiger partial charge in [0.15, 0.2) is 0 Å². The number of rotatable bonds is 3. The number of anilines is 2. The molecule has 0 aliphatic heterocycles. The van der Waals surface area contributed by atoms with E-state index in [1.54, 1.807) is 0 Å². The fourth-order valence-corrected chi connectivity index (χ4v) is 11.3. The third-order valence-corrected chi connectivity index (χ3v) is 14.0. The fourth-order valence-electron chi connectivity index (χ4n) is 9.94. The van der Waals surface area contributed by atoms with Crippen LogP contribution in [0.2, 0.25) is 0 Å². The van der Waals surface area contributed by atoms with Crippen LogP contribution in [-0.2, 0) is 16.2 Å². The van der Waals surface area contributed by atoms with E-state index < -0.39 is 5.41 Å². The molecule has 0 saturated heterocycles. The monoisotopic (exact) mass is 751 g/mol. The Kier molecular flexibility index (Phi) is 7.24. The lowest BCUT2D eigenvalue weighted by Gasteiger charge is -2.33. The molecule has 11 rings (SSSR count). The molecular weight excluding hydrogens is 707 g/mol. The molecule has 0 atom stereocenters. The van der Waals surface area contributed by atoms with Gasteiger partial charge in [0, 0.05) is 21.2 Å². The zero-order valence-electron chi connectivity index (χ0n) is 33.4. The van der Waals surface area contributed by atoms with E-state index in [-0.39, 0.29) is 10.8 Å². The van der Waals surface area contributed by atoms with Gasteiger partial charge in [0.1, 0.15) is 0 Å². The largest absolute Gasteiger partial charge is 0.354 e. The minimum absolute atomic E-state index is 0.0119. The normalized spacial score (nSPS) is 13.9. The average Bonchev–Trinajstić information content (AvgIpc) is 3.85. The van der Waals surface area contributed by atoms with E-state index in [2.05, 4.69) is 205 Å². The van der Waals surface area contributed by atoms with Gasteiger partial charge in [0.25, 0.3) is 0 Å². The van der Waals surface area contributed by atoms with Crippen LogP contribution in [0.3, 0.4) is 0 Å². The average molecular weight is 752 g/mol. The van der Waals surface area contributed by atoms with Crippen LogP contribution < -0.4 is 5.32 Å². The smallest absolute Gasteiger partial charge is 0.0726 e. The lowest BCUT2D eigenvalue weighted by Crippen LogP contribution is -2.27. The van der Waals surface area contributed by atoms with Gasteiger partial charge < -0.3 is 5.32 Å². The van der Waals surface area contributed by atoms with Crippen molar-refractivity contribution in [2.45, 2.75) is 57.8 Å². The number of fused-ring (bicyclic) bond motifs is 15. The van der Waals surface area contributed by atoms with E-state index >= 15 is 0 Å². The highest BCUT2D eigenvalue weighted by Gasteiger charge is 2.52. The minimum Gasteiger partial charge on any atom is -0.354 e. The van der Waals surface area contributed by atoms with E-state index in [4.69, 9.17) is 0 Å². The first-order valence-corrected chi connectivity index (χ1v) is 21.1. The number of benzene rings is 8. The topological polar surface area (TPSA) is 12.0 Å². The van der Waals surface area contributed by atoms with Gasteiger partial charge in [-0.25, -0.2) is 0 Å². The zero-order chi connectivity index (χ0) is 38.8. The van der Waals surface area contributed by atoms with Crippen LogP contribution in [0.25, 0.3) is 64.3 Å². The van der Waals surface area contributed by atoms with Gasteiger partial charge in [0.05, 0.1) is 15.8 Å². The SMILES string of the molecule is CC(C)(C)c1ccc2c(c1)C1(c3ccccc3-c3ccc(Nc4cc5ccccc5c5c4sc4c(-c6ccccc6)cccc45)cc31)c1cc(C(C)(C)C)ccc1-2. The molecule has 276 valence electrons. The molecule has 9 aromatic rings. The summed E-state index contributed by atoms with van der Waals surface area (Å²) in [7, 11) is 0. The number of nitrogens with one attached hydrogen (secondary N) is 1. The van der Waals surface area contributed by atoms with E-state index in [9.17, 15) is 0 Å². The molecule has 57 heavy (non-hydrogen) atoms. The maximum absolute atomic E-state index is 4.05. The quantitative estimate of drug-likeness (QED) is 0.190. The molecule has 1 aromatic heterocycles. The summed E-state index contributed by atoms with van der Waals surface area (Å²) >= 11 is 1.90. The van der Waals surface area contributed by atoms with Crippen molar-refractivity contribution >= 4 is 53.7 Å². The van der Waals surface area contributed by atoms with E-state index in [1.807, 2.05) is 11.3 Å². The van der Waals surface area contributed by atoms with Gasteiger partial charge in [-0.2, -0.15) is 0 Å². The first kappa shape index (κ1) is 34.3. The minimum atomic E-state index is -0.447. The van der Waals surface area contributed by atoms with Crippen LogP contribution in [-0.4, -0.2) is 0 Å². The second-order valence-corrected chi connectivity index (χ2v) is 19.2. The highest BCUT2D eigenvalue weighted by Crippen LogP contribution is 2.64. The molecule has 0 fully saturated rings. The van der Waals surface area contributed by atoms with Gasteiger partial charge in [0.2, 0.25) is 0 Å². The molecule has 1 nitrogen and oxygen atoms in total. The molecule has 1 N–H and O–H groups in total. The first-order valence-electron chi connectivity index (χ1n) is 20.3. The first-order chi connectivity index (χ1) is 27.5. The Balaban J connectivity index is 1.16. The van der Waals surface area contributed by atoms with Gasteiger partial charge in [-0.1, -0.05) is 181 Å². The van der Waals surface area contributed by atoms with Crippen LogP contribution >= 0.6 is 11.3 Å². The summed E-state index contributed by atoms with van der Waals surface area (Å²) in [5.41, 5.74) is 17.9. The Morgan fingerprint density at radius 3 is 1.70 bits per heavy atom. The molecule has 0 amide bonds. The van der Waals surface area contributed by atoms with Crippen LogP contribution in [0.15, 0.2) is 158 Å². The zero-order valence-corrected chi connectivity index (χ0v) is 34.2. The molecule has 8 aromatic carbocycles. The maximum atomic E-state index is 4.05. The highest BCUT2D eigenvalue weighted by molar-refractivity contribution is 7.27. The Labute approximate surface area is 339 Å². The Bertz CT molecular complexity index is 3050. The molecule has 0 unspecified atom stereocenters. The summed E-state index contributed by atoms with van der Waals surface area (Å²) in [5, 5.41) is 9.21. The molecule has 0 bridgehead atoms. The summed E-state index contributed by atoms with van der Waals surface area (Å²) in [6, 6.07) is 59.8. The Hall–Kier alpha value is -5.96. The summed E-state index contributed by atoms with van der Waals surface area (Å²) in [6.45, 7) is 14.0. The molecule has 0 saturated carbocycles. The predicted molar refractivity (Wildman–Crippen MR) is 246 cm³/mol. The predicted octanol–water partition coefficient (Wildman–Crippen LogP) is 15.6. The van der Waals surface area contributed by atoms with Crippen molar-refractivity contribution in [1.29, 1.82) is 0 Å². The third-order valence-electron chi connectivity index (χ3n) is 12.8. The standard InChI is InChI=1S/C55H45NS/c1-53(2,3)35-23-26-41-42-27-24-36(54(4,5)6)31-47(42)55(46(41)30-35)45-22-13-12-19-40(45)43-28-25-37(32-48(43)55)56-49-29-34-17-10-11-18-38(34)50-44-21-14-20-39(51(44)57-52(49)50)33-15-8-7-9-16-33/h7-32,56H,1-6H3. The van der Waals surface area contributed by atoms with Gasteiger partial charge in [-0.3, -0.25) is 0 Å². The number of hydrogen-bond donors (Lipinski definition) is 1. The van der Waals surface area contributed by atoms with Crippen LogP contribution in [0.4, 0.5) is 11.4 Å². The van der Waals surface area contributed by atoms with Crippen molar-refractivity contribution in [2.24, 2.45) is 0 Å². The van der Waals surface area contributed by atoms with Crippen molar-refractivity contribution in [3.63, 3.8) is 0 Å². The van der Waals surface area contributed by atoms with Crippen molar-refractivity contribution in [1.82, 2.24) is 0 Å². The summed E-state index contributed by atoms with van der Waals surface area (Å²) in [5.74, 6) is 0. The summed E-state index contributed by atoms with van der Waals surface area (Å²) in [4.78, 5) is 0. The van der Waals surface area contributed by atoms with Gasteiger partial charge in [-0.15, -0.1) is 11.3 Å². The summed E-state index contributed by atoms with van der Waals surface area (Å²) in [6.07, 6.45) is 0. The van der Waals surface area contributed by atoms with Crippen LogP contribution in [0.5, 0.6) is 0 Å². The Morgan fingerprint density at radius 2 is 1.00 bits per heavy atom. The van der Waals surface area contributed by atoms with Crippen LogP contribution in [0.1, 0.15) is 74.9 Å². The van der Waals surface area contributed by atoms with Crippen molar-refractivity contribution in [3.05, 3.63) is 191 Å². The van der Waals surface area contributed by atoms with Gasteiger partial charge >= 0.3 is 0 Å². The van der Waals surface area contributed by atoms with Crippen molar-refractivity contribution in [2.75, 3.05) is 5.32 Å².